The van der Waals surface area contributed by atoms with Crippen LogP contribution in [-0.4, -0.2) is 32.7 Å². The van der Waals surface area contributed by atoms with Gasteiger partial charge in [-0.2, -0.15) is 0 Å². The van der Waals surface area contributed by atoms with Gasteiger partial charge in [0.15, 0.2) is 11.5 Å². The molecule has 0 aromatic heterocycles. The van der Waals surface area contributed by atoms with Crippen molar-refractivity contribution in [2.24, 2.45) is 0 Å². The van der Waals surface area contributed by atoms with Gasteiger partial charge in [-0.15, -0.1) is 0 Å². The minimum atomic E-state index is -0.0651. The lowest BCUT2D eigenvalue weighted by Crippen LogP contribution is -2.41. The van der Waals surface area contributed by atoms with Crippen LogP contribution in [0.15, 0.2) is 18.2 Å². The molecule has 1 aliphatic rings. The van der Waals surface area contributed by atoms with E-state index in [4.69, 9.17) is 9.47 Å². The van der Waals surface area contributed by atoms with E-state index in [9.17, 15) is 4.79 Å². The first-order chi connectivity index (χ1) is 9.65. The standard InChI is InChI=1S/C15H22N2O3/c1-10(17-15(18)12-5-4-8-16-12)11-6-7-13(19-2)14(9-11)20-3/h6-7,9-10,12,16H,4-5,8H2,1-3H3,(H,17,18). The second-order valence-corrected chi connectivity index (χ2v) is 4.99. The van der Waals surface area contributed by atoms with E-state index in [1.165, 1.54) is 0 Å². The third-order valence-electron chi connectivity index (χ3n) is 3.64. The van der Waals surface area contributed by atoms with Gasteiger partial charge < -0.3 is 20.1 Å². The zero-order valence-electron chi connectivity index (χ0n) is 12.2. The molecule has 20 heavy (non-hydrogen) atoms. The highest BCUT2D eigenvalue weighted by Crippen LogP contribution is 2.29. The second-order valence-electron chi connectivity index (χ2n) is 4.99. The topological polar surface area (TPSA) is 59.6 Å². The summed E-state index contributed by atoms with van der Waals surface area (Å²) in [7, 11) is 3.21. The molecule has 0 spiro atoms. The number of methoxy groups -OCH3 is 2. The quantitative estimate of drug-likeness (QED) is 0.859. The van der Waals surface area contributed by atoms with Gasteiger partial charge in [-0.3, -0.25) is 4.79 Å². The second kappa shape index (κ2) is 6.61. The van der Waals surface area contributed by atoms with Gasteiger partial charge in [-0.1, -0.05) is 6.07 Å². The number of rotatable bonds is 5. The molecular formula is C15H22N2O3. The smallest absolute Gasteiger partial charge is 0.237 e. The summed E-state index contributed by atoms with van der Waals surface area (Å²) in [4.78, 5) is 12.1. The van der Waals surface area contributed by atoms with E-state index in [1.807, 2.05) is 25.1 Å². The SMILES string of the molecule is COc1ccc(C(C)NC(=O)C2CCCN2)cc1OC. The lowest BCUT2D eigenvalue weighted by Gasteiger charge is -2.19. The molecule has 1 fully saturated rings. The van der Waals surface area contributed by atoms with Crippen LogP contribution in [0.25, 0.3) is 0 Å². The molecule has 2 rings (SSSR count). The largest absolute Gasteiger partial charge is 0.493 e. The van der Waals surface area contributed by atoms with E-state index in [0.29, 0.717) is 11.5 Å². The molecule has 0 saturated carbocycles. The maximum absolute atomic E-state index is 12.1. The molecule has 1 aliphatic heterocycles. The molecule has 2 unspecified atom stereocenters. The van der Waals surface area contributed by atoms with E-state index in [0.717, 1.165) is 24.9 Å². The summed E-state index contributed by atoms with van der Waals surface area (Å²) in [5, 5.41) is 6.23. The lowest BCUT2D eigenvalue weighted by molar-refractivity contribution is -0.123. The van der Waals surface area contributed by atoms with Crippen molar-refractivity contribution in [1.82, 2.24) is 10.6 Å². The number of ether oxygens (including phenoxy) is 2. The Morgan fingerprint density at radius 1 is 1.35 bits per heavy atom. The molecule has 0 radical (unpaired) electrons. The Morgan fingerprint density at radius 3 is 2.70 bits per heavy atom. The van der Waals surface area contributed by atoms with Crippen molar-refractivity contribution in [1.29, 1.82) is 0 Å². The molecule has 1 saturated heterocycles. The van der Waals surface area contributed by atoms with Gasteiger partial charge in [0.1, 0.15) is 0 Å². The summed E-state index contributed by atoms with van der Waals surface area (Å²) >= 11 is 0. The molecule has 5 heteroatoms. The Morgan fingerprint density at radius 2 is 2.10 bits per heavy atom. The molecule has 5 nitrogen and oxygen atoms in total. The first kappa shape index (κ1) is 14.7. The molecule has 0 bridgehead atoms. The Kier molecular flexibility index (Phi) is 4.84. The van der Waals surface area contributed by atoms with E-state index < -0.39 is 0 Å². The van der Waals surface area contributed by atoms with Crippen LogP contribution in [0.4, 0.5) is 0 Å². The highest BCUT2D eigenvalue weighted by atomic mass is 16.5. The van der Waals surface area contributed by atoms with E-state index in [2.05, 4.69) is 10.6 Å². The molecule has 1 aromatic carbocycles. The van der Waals surface area contributed by atoms with E-state index in [1.54, 1.807) is 14.2 Å². The monoisotopic (exact) mass is 278 g/mol. The van der Waals surface area contributed by atoms with Crippen molar-refractivity contribution in [3.8, 4) is 11.5 Å². The van der Waals surface area contributed by atoms with E-state index in [-0.39, 0.29) is 18.0 Å². The fourth-order valence-electron chi connectivity index (χ4n) is 2.43. The number of carbonyl (C=O) groups is 1. The van der Waals surface area contributed by atoms with E-state index >= 15 is 0 Å². The Hall–Kier alpha value is -1.75. The Balaban J connectivity index is 2.04. The van der Waals surface area contributed by atoms with Gasteiger partial charge in [0, 0.05) is 0 Å². The summed E-state index contributed by atoms with van der Waals surface area (Å²) in [5.74, 6) is 1.42. The highest BCUT2D eigenvalue weighted by Gasteiger charge is 2.23. The van der Waals surface area contributed by atoms with Crippen LogP contribution in [0.1, 0.15) is 31.4 Å². The summed E-state index contributed by atoms with van der Waals surface area (Å²) in [6.07, 6.45) is 1.97. The summed E-state index contributed by atoms with van der Waals surface area (Å²) < 4.78 is 10.5. The Labute approximate surface area is 119 Å². The number of hydrogen-bond donors (Lipinski definition) is 2. The van der Waals surface area contributed by atoms with Crippen LogP contribution < -0.4 is 20.1 Å². The van der Waals surface area contributed by atoms with Crippen LogP contribution >= 0.6 is 0 Å². The minimum absolute atomic E-state index is 0.0578. The average Bonchev–Trinajstić information content (AvgIpc) is 3.00. The molecule has 2 N–H and O–H groups in total. The van der Waals surface area contributed by atoms with Crippen LogP contribution in [0.5, 0.6) is 11.5 Å². The maximum atomic E-state index is 12.1. The molecule has 0 aliphatic carbocycles. The molecule has 1 heterocycles. The van der Waals surface area contributed by atoms with Crippen molar-refractivity contribution in [3.63, 3.8) is 0 Å². The fourth-order valence-corrected chi connectivity index (χ4v) is 2.43. The molecule has 1 amide bonds. The van der Waals surface area contributed by atoms with Crippen LogP contribution in [-0.2, 0) is 4.79 Å². The number of benzene rings is 1. The first-order valence-corrected chi connectivity index (χ1v) is 6.91. The number of amides is 1. The number of carbonyl (C=O) groups excluding carboxylic acids is 1. The molecule has 1 aromatic rings. The van der Waals surface area contributed by atoms with Gasteiger partial charge in [-0.05, 0) is 44.0 Å². The van der Waals surface area contributed by atoms with Gasteiger partial charge in [-0.25, -0.2) is 0 Å². The van der Waals surface area contributed by atoms with Gasteiger partial charge in [0.25, 0.3) is 0 Å². The third-order valence-corrected chi connectivity index (χ3v) is 3.64. The zero-order chi connectivity index (χ0) is 14.5. The average molecular weight is 278 g/mol. The molecular weight excluding hydrogens is 256 g/mol. The highest BCUT2D eigenvalue weighted by molar-refractivity contribution is 5.82. The molecule has 2 atom stereocenters. The van der Waals surface area contributed by atoms with Crippen LogP contribution in [0.2, 0.25) is 0 Å². The van der Waals surface area contributed by atoms with Gasteiger partial charge in [0.2, 0.25) is 5.91 Å². The Bertz CT molecular complexity index is 470. The van der Waals surface area contributed by atoms with Crippen molar-refractivity contribution in [3.05, 3.63) is 23.8 Å². The summed E-state index contributed by atoms with van der Waals surface area (Å²) in [6, 6.07) is 5.56. The fraction of sp³-hybridized carbons (Fsp3) is 0.533. The van der Waals surface area contributed by atoms with Crippen molar-refractivity contribution >= 4 is 5.91 Å². The normalized spacial score (nSPS) is 19.4. The van der Waals surface area contributed by atoms with Crippen molar-refractivity contribution in [2.45, 2.75) is 31.8 Å². The predicted molar refractivity (Wildman–Crippen MR) is 77.1 cm³/mol. The zero-order valence-corrected chi connectivity index (χ0v) is 12.2. The summed E-state index contributed by atoms with van der Waals surface area (Å²) in [6.45, 7) is 2.89. The number of nitrogens with one attached hydrogen (secondary N) is 2. The predicted octanol–water partition coefficient (Wildman–Crippen LogP) is 1.63. The van der Waals surface area contributed by atoms with Crippen molar-refractivity contribution in [2.75, 3.05) is 20.8 Å². The maximum Gasteiger partial charge on any atom is 0.237 e. The van der Waals surface area contributed by atoms with Crippen LogP contribution in [0, 0.1) is 0 Å². The van der Waals surface area contributed by atoms with Crippen molar-refractivity contribution < 1.29 is 14.3 Å². The lowest BCUT2D eigenvalue weighted by atomic mass is 10.1. The molecule has 110 valence electrons. The third kappa shape index (κ3) is 3.22. The number of hydrogen-bond acceptors (Lipinski definition) is 4. The minimum Gasteiger partial charge on any atom is -0.493 e. The first-order valence-electron chi connectivity index (χ1n) is 6.91. The van der Waals surface area contributed by atoms with Gasteiger partial charge >= 0.3 is 0 Å². The summed E-state index contributed by atoms with van der Waals surface area (Å²) in [5.41, 5.74) is 0.994. The van der Waals surface area contributed by atoms with Crippen LogP contribution in [0.3, 0.4) is 0 Å². The van der Waals surface area contributed by atoms with Gasteiger partial charge in [0.05, 0.1) is 26.3 Å².